The fourth-order valence-electron chi connectivity index (χ4n) is 3.56. The van der Waals surface area contributed by atoms with E-state index in [0.29, 0.717) is 24.2 Å². The maximum Gasteiger partial charge on any atom is 0.256 e. The number of amides is 1. The lowest BCUT2D eigenvalue weighted by molar-refractivity contribution is 0.0723. The SMILES string of the molecule is COc1ccc2c(c1)c(C(=O)N(C)C1CCS(=O)(=O)CC1)c(C)n2C. The Labute approximate surface area is 148 Å². The zero-order valence-electron chi connectivity index (χ0n) is 15.1. The molecule has 7 heteroatoms. The maximum atomic E-state index is 13.2. The average molecular weight is 364 g/mol. The van der Waals surface area contributed by atoms with E-state index in [1.165, 1.54) is 0 Å². The molecule has 0 aliphatic carbocycles. The standard InChI is InChI=1S/C18H24N2O4S/c1-12-17(15-11-14(24-4)5-6-16(15)19(12)2)18(21)20(3)13-7-9-25(22,23)10-8-13/h5-6,11,13H,7-10H2,1-4H3. The van der Waals surface area contributed by atoms with Gasteiger partial charge in [-0.05, 0) is 38.0 Å². The van der Waals surface area contributed by atoms with Crippen LogP contribution in [0.1, 0.15) is 28.9 Å². The van der Waals surface area contributed by atoms with Gasteiger partial charge in [0.15, 0.2) is 0 Å². The lowest BCUT2D eigenvalue weighted by Crippen LogP contribution is -2.42. The molecule has 1 aliphatic heterocycles. The number of sulfone groups is 1. The van der Waals surface area contributed by atoms with Crippen LogP contribution in [0.15, 0.2) is 18.2 Å². The van der Waals surface area contributed by atoms with Gasteiger partial charge < -0.3 is 14.2 Å². The molecular weight excluding hydrogens is 340 g/mol. The van der Waals surface area contributed by atoms with Crippen molar-refractivity contribution in [3.05, 3.63) is 29.5 Å². The molecule has 1 aromatic carbocycles. The molecule has 2 heterocycles. The molecule has 2 aromatic rings. The fraction of sp³-hybridized carbons (Fsp3) is 0.500. The van der Waals surface area contributed by atoms with Gasteiger partial charge in [0, 0.05) is 36.7 Å². The molecule has 1 aromatic heterocycles. The minimum atomic E-state index is -2.95. The molecule has 0 N–H and O–H groups in total. The number of aromatic nitrogens is 1. The van der Waals surface area contributed by atoms with Crippen molar-refractivity contribution in [2.24, 2.45) is 7.05 Å². The number of aryl methyl sites for hydroxylation is 1. The van der Waals surface area contributed by atoms with E-state index in [0.717, 1.165) is 16.6 Å². The van der Waals surface area contributed by atoms with Crippen LogP contribution in [0.5, 0.6) is 5.75 Å². The van der Waals surface area contributed by atoms with Crippen LogP contribution in [0, 0.1) is 6.92 Å². The lowest BCUT2D eigenvalue weighted by atomic mass is 10.1. The average Bonchev–Trinajstić information content (AvgIpc) is 2.84. The molecule has 1 aliphatic rings. The van der Waals surface area contributed by atoms with E-state index in [1.54, 1.807) is 19.1 Å². The smallest absolute Gasteiger partial charge is 0.256 e. The Morgan fingerprint density at radius 3 is 2.52 bits per heavy atom. The van der Waals surface area contributed by atoms with Crippen molar-refractivity contribution < 1.29 is 17.9 Å². The van der Waals surface area contributed by atoms with Crippen molar-refractivity contribution in [1.82, 2.24) is 9.47 Å². The molecule has 0 unspecified atom stereocenters. The quantitative estimate of drug-likeness (QED) is 0.837. The first-order valence-electron chi connectivity index (χ1n) is 8.36. The molecule has 0 atom stereocenters. The molecule has 0 bridgehead atoms. The number of rotatable bonds is 3. The number of hydrogen-bond donors (Lipinski definition) is 0. The van der Waals surface area contributed by atoms with Crippen LogP contribution >= 0.6 is 0 Å². The Morgan fingerprint density at radius 1 is 1.28 bits per heavy atom. The van der Waals surface area contributed by atoms with Crippen LogP contribution in [0.2, 0.25) is 0 Å². The molecule has 6 nitrogen and oxygen atoms in total. The number of methoxy groups -OCH3 is 1. The molecule has 136 valence electrons. The molecule has 1 amide bonds. The summed E-state index contributed by atoms with van der Waals surface area (Å²) >= 11 is 0. The van der Waals surface area contributed by atoms with Gasteiger partial charge in [-0.1, -0.05) is 0 Å². The van der Waals surface area contributed by atoms with E-state index in [2.05, 4.69) is 0 Å². The third kappa shape index (κ3) is 3.13. The predicted molar refractivity (Wildman–Crippen MR) is 98.0 cm³/mol. The van der Waals surface area contributed by atoms with Gasteiger partial charge in [0.25, 0.3) is 5.91 Å². The van der Waals surface area contributed by atoms with Gasteiger partial charge in [-0.15, -0.1) is 0 Å². The fourth-order valence-corrected chi connectivity index (χ4v) is 5.02. The van der Waals surface area contributed by atoms with Crippen molar-refractivity contribution in [2.75, 3.05) is 25.7 Å². The first kappa shape index (κ1) is 17.8. The number of benzene rings is 1. The Bertz CT molecular complexity index is 916. The number of fused-ring (bicyclic) bond motifs is 1. The van der Waals surface area contributed by atoms with Crippen LogP contribution in [0.25, 0.3) is 10.9 Å². The third-order valence-electron chi connectivity index (χ3n) is 5.31. The second-order valence-electron chi connectivity index (χ2n) is 6.70. The first-order valence-corrected chi connectivity index (χ1v) is 10.2. The van der Waals surface area contributed by atoms with Crippen LogP contribution < -0.4 is 4.74 Å². The summed E-state index contributed by atoms with van der Waals surface area (Å²) in [7, 11) is 2.36. The molecule has 25 heavy (non-hydrogen) atoms. The van der Waals surface area contributed by atoms with Gasteiger partial charge >= 0.3 is 0 Å². The summed E-state index contributed by atoms with van der Waals surface area (Å²) < 4.78 is 30.6. The van der Waals surface area contributed by atoms with E-state index >= 15 is 0 Å². The van der Waals surface area contributed by atoms with Gasteiger partial charge in [0.1, 0.15) is 15.6 Å². The normalized spacial score (nSPS) is 17.6. The van der Waals surface area contributed by atoms with Crippen LogP contribution in [0.4, 0.5) is 0 Å². The highest BCUT2D eigenvalue weighted by molar-refractivity contribution is 7.91. The second-order valence-corrected chi connectivity index (χ2v) is 9.01. The first-order chi connectivity index (χ1) is 11.7. The summed E-state index contributed by atoms with van der Waals surface area (Å²) in [4.78, 5) is 14.9. The highest BCUT2D eigenvalue weighted by Crippen LogP contribution is 2.30. The Kier molecular flexibility index (Phi) is 4.53. The Balaban J connectivity index is 1.98. The second kappa shape index (κ2) is 6.37. The van der Waals surface area contributed by atoms with E-state index < -0.39 is 9.84 Å². The minimum Gasteiger partial charge on any atom is -0.497 e. The van der Waals surface area contributed by atoms with Crippen LogP contribution in [-0.2, 0) is 16.9 Å². The Morgan fingerprint density at radius 2 is 1.92 bits per heavy atom. The van der Waals surface area contributed by atoms with E-state index in [-0.39, 0.29) is 23.5 Å². The number of ether oxygens (including phenoxy) is 1. The molecular formula is C18H24N2O4S. The molecule has 0 saturated carbocycles. The Hall–Kier alpha value is -2.02. The predicted octanol–water partition coefficient (Wildman–Crippen LogP) is 2.14. The summed E-state index contributed by atoms with van der Waals surface area (Å²) in [5, 5.41) is 0.861. The zero-order valence-corrected chi connectivity index (χ0v) is 15.9. The monoisotopic (exact) mass is 364 g/mol. The lowest BCUT2D eigenvalue weighted by Gasteiger charge is -2.31. The van der Waals surface area contributed by atoms with Gasteiger partial charge in [-0.3, -0.25) is 4.79 Å². The number of carbonyl (C=O) groups excluding carboxylic acids is 1. The van der Waals surface area contributed by atoms with Crippen LogP contribution in [-0.4, -0.2) is 55.5 Å². The molecule has 0 spiro atoms. The van der Waals surface area contributed by atoms with Crippen molar-refractivity contribution in [3.8, 4) is 5.75 Å². The van der Waals surface area contributed by atoms with E-state index in [1.807, 2.05) is 36.7 Å². The topological polar surface area (TPSA) is 68.6 Å². The summed E-state index contributed by atoms with van der Waals surface area (Å²) in [6.07, 6.45) is 0.995. The van der Waals surface area contributed by atoms with Crippen molar-refractivity contribution in [3.63, 3.8) is 0 Å². The van der Waals surface area contributed by atoms with Gasteiger partial charge in [-0.25, -0.2) is 8.42 Å². The summed E-state index contributed by atoms with van der Waals surface area (Å²) in [6, 6.07) is 5.67. The zero-order chi connectivity index (χ0) is 18.4. The van der Waals surface area contributed by atoms with Crippen molar-refractivity contribution in [1.29, 1.82) is 0 Å². The molecule has 1 fully saturated rings. The summed E-state index contributed by atoms with van der Waals surface area (Å²) in [5.74, 6) is 0.939. The highest BCUT2D eigenvalue weighted by atomic mass is 32.2. The van der Waals surface area contributed by atoms with Gasteiger partial charge in [0.2, 0.25) is 0 Å². The van der Waals surface area contributed by atoms with Crippen molar-refractivity contribution in [2.45, 2.75) is 25.8 Å². The molecule has 0 radical (unpaired) electrons. The summed E-state index contributed by atoms with van der Waals surface area (Å²) in [5.41, 5.74) is 2.53. The molecule has 3 rings (SSSR count). The summed E-state index contributed by atoms with van der Waals surface area (Å²) in [6.45, 7) is 1.93. The van der Waals surface area contributed by atoms with E-state index in [4.69, 9.17) is 4.74 Å². The largest absolute Gasteiger partial charge is 0.497 e. The van der Waals surface area contributed by atoms with Gasteiger partial charge in [0.05, 0.1) is 24.2 Å². The van der Waals surface area contributed by atoms with Gasteiger partial charge in [-0.2, -0.15) is 0 Å². The molecule has 1 saturated heterocycles. The number of carbonyl (C=O) groups is 1. The maximum absolute atomic E-state index is 13.2. The highest BCUT2D eigenvalue weighted by Gasteiger charge is 2.31. The number of hydrogen-bond acceptors (Lipinski definition) is 4. The van der Waals surface area contributed by atoms with Crippen LogP contribution in [0.3, 0.4) is 0 Å². The minimum absolute atomic E-state index is 0.0451. The third-order valence-corrected chi connectivity index (χ3v) is 7.02. The van der Waals surface area contributed by atoms with E-state index in [9.17, 15) is 13.2 Å². The number of nitrogens with zero attached hydrogens (tertiary/aromatic N) is 2. The van der Waals surface area contributed by atoms with Crippen molar-refractivity contribution >= 4 is 26.6 Å².